The van der Waals surface area contributed by atoms with E-state index < -0.39 is 18.1 Å². The Bertz CT molecular complexity index is 715. The normalized spacial score (nSPS) is 18.8. The van der Waals surface area contributed by atoms with E-state index >= 15 is 0 Å². The molecule has 1 aliphatic rings. The van der Waals surface area contributed by atoms with Gasteiger partial charge in [-0.1, -0.05) is 30.3 Å². The Morgan fingerprint density at radius 2 is 2.04 bits per heavy atom. The Labute approximate surface area is 132 Å². The fourth-order valence-electron chi connectivity index (χ4n) is 2.72. The molecule has 1 aliphatic heterocycles. The van der Waals surface area contributed by atoms with Gasteiger partial charge < -0.3 is 10.0 Å². The number of carbonyl (C=O) groups excluding carboxylic acids is 1. The molecule has 8 heteroatoms. The molecule has 1 N–H and O–H groups in total. The minimum atomic E-state index is -0.973. The van der Waals surface area contributed by atoms with Crippen LogP contribution in [0.25, 0.3) is 11.4 Å². The molecule has 1 fully saturated rings. The molecule has 8 nitrogen and oxygen atoms in total. The second-order valence-electron chi connectivity index (χ2n) is 5.50. The van der Waals surface area contributed by atoms with E-state index in [1.165, 1.54) is 9.70 Å². The van der Waals surface area contributed by atoms with Crippen molar-refractivity contribution in [3.8, 4) is 11.4 Å². The lowest BCUT2D eigenvalue weighted by molar-refractivity contribution is -0.149. The molecule has 1 saturated heterocycles. The van der Waals surface area contributed by atoms with Gasteiger partial charge in [0.1, 0.15) is 12.1 Å². The molecule has 0 spiro atoms. The van der Waals surface area contributed by atoms with Crippen LogP contribution >= 0.6 is 0 Å². The summed E-state index contributed by atoms with van der Waals surface area (Å²) in [5.74, 6) is -0.840. The number of amides is 1. The lowest BCUT2D eigenvalue weighted by Gasteiger charge is -2.24. The van der Waals surface area contributed by atoms with E-state index in [-0.39, 0.29) is 5.91 Å². The van der Waals surface area contributed by atoms with Crippen LogP contribution < -0.4 is 0 Å². The third-order valence-electron chi connectivity index (χ3n) is 3.98. The summed E-state index contributed by atoms with van der Waals surface area (Å²) in [4.78, 5) is 26.4. The van der Waals surface area contributed by atoms with E-state index in [2.05, 4.69) is 15.4 Å². The predicted molar refractivity (Wildman–Crippen MR) is 80.3 cm³/mol. The van der Waals surface area contributed by atoms with Crippen molar-refractivity contribution in [1.29, 1.82) is 0 Å². The molecule has 1 amide bonds. The third-order valence-corrected chi connectivity index (χ3v) is 3.98. The number of rotatable bonds is 4. The van der Waals surface area contributed by atoms with E-state index in [0.29, 0.717) is 25.2 Å². The summed E-state index contributed by atoms with van der Waals surface area (Å²) in [6, 6.07) is 7.88. The number of carbonyl (C=O) groups is 2. The molecular weight excluding hydrogens is 298 g/mol. The van der Waals surface area contributed by atoms with Gasteiger partial charge >= 0.3 is 5.97 Å². The summed E-state index contributed by atoms with van der Waals surface area (Å²) in [5.41, 5.74) is 0.808. The Morgan fingerprint density at radius 3 is 2.74 bits per heavy atom. The fourth-order valence-corrected chi connectivity index (χ4v) is 2.72. The van der Waals surface area contributed by atoms with E-state index in [1.54, 1.807) is 6.92 Å². The van der Waals surface area contributed by atoms with Crippen molar-refractivity contribution < 1.29 is 14.7 Å². The zero-order chi connectivity index (χ0) is 16.4. The molecule has 0 unspecified atom stereocenters. The van der Waals surface area contributed by atoms with Crippen LogP contribution in [0.1, 0.15) is 25.8 Å². The molecular formula is C15H17N5O3. The molecule has 120 valence electrons. The summed E-state index contributed by atoms with van der Waals surface area (Å²) >= 11 is 0. The Morgan fingerprint density at radius 1 is 1.30 bits per heavy atom. The van der Waals surface area contributed by atoms with Crippen LogP contribution in [0.4, 0.5) is 0 Å². The van der Waals surface area contributed by atoms with Gasteiger partial charge in [-0.15, -0.1) is 10.2 Å². The average Bonchev–Trinajstić information content (AvgIpc) is 3.23. The van der Waals surface area contributed by atoms with Crippen molar-refractivity contribution in [3.63, 3.8) is 0 Å². The molecule has 2 aromatic rings. The maximum atomic E-state index is 12.5. The van der Waals surface area contributed by atoms with Crippen molar-refractivity contribution in [1.82, 2.24) is 25.1 Å². The number of nitrogens with zero attached hydrogens (tertiary/aromatic N) is 5. The highest BCUT2D eigenvalue weighted by Gasteiger charge is 2.37. The number of hydrogen-bond acceptors (Lipinski definition) is 5. The largest absolute Gasteiger partial charge is 0.480 e. The van der Waals surface area contributed by atoms with Crippen LogP contribution in [-0.4, -0.2) is 54.7 Å². The summed E-state index contributed by atoms with van der Waals surface area (Å²) in [7, 11) is 0. The van der Waals surface area contributed by atoms with Gasteiger partial charge in [-0.2, -0.15) is 4.80 Å². The first kappa shape index (κ1) is 15.1. The Kier molecular flexibility index (Phi) is 4.05. The smallest absolute Gasteiger partial charge is 0.326 e. The molecule has 0 saturated carbocycles. The molecule has 2 heterocycles. The van der Waals surface area contributed by atoms with Gasteiger partial charge in [0, 0.05) is 12.1 Å². The predicted octanol–water partition coefficient (Wildman–Crippen LogP) is 0.977. The van der Waals surface area contributed by atoms with Gasteiger partial charge in [0.05, 0.1) is 0 Å². The summed E-state index contributed by atoms with van der Waals surface area (Å²) in [5, 5.41) is 21.3. The Balaban J connectivity index is 1.78. The van der Waals surface area contributed by atoms with Gasteiger partial charge in [0.25, 0.3) is 0 Å². The molecule has 2 atom stereocenters. The molecule has 3 rings (SSSR count). The van der Waals surface area contributed by atoms with Crippen LogP contribution in [0, 0.1) is 0 Å². The maximum absolute atomic E-state index is 12.5. The SMILES string of the molecule is C[C@H](C(=O)N1CCC[C@H]1C(=O)O)n1nnc(-c2ccccc2)n1. The molecule has 0 aliphatic carbocycles. The third kappa shape index (κ3) is 2.92. The molecule has 0 radical (unpaired) electrons. The minimum Gasteiger partial charge on any atom is -0.480 e. The monoisotopic (exact) mass is 315 g/mol. The number of aromatic nitrogens is 4. The van der Waals surface area contributed by atoms with Gasteiger partial charge in [0.15, 0.2) is 0 Å². The van der Waals surface area contributed by atoms with Gasteiger partial charge in [-0.05, 0) is 25.0 Å². The van der Waals surface area contributed by atoms with Crippen LogP contribution in [0.2, 0.25) is 0 Å². The van der Waals surface area contributed by atoms with Crippen LogP contribution in [-0.2, 0) is 9.59 Å². The fraction of sp³-hybridized carbons (Fsp3) is 0.400. The first-order valence-electron chi connectivity index (χ1n) is 7.46. The van der Waals surface area contributed by atoms with Crippen molar-refractivity contribution >= 4 is 11.9 Å². The van der Waals surface area contributed by atoms with E-state index in [0.717, 1.165) is 5.56 Å². The van der Waals surface area contributed by atoms with Crippen LogP contribution in [0.15, 0.2) is 30.3 Å². The first-order valence-corrected chi connectivity index (χ1v) is 7.46. The summed E-state index contributed by atoms with van der Waals surface area (Å²) in [6.45, 7) is 2.09. The van der Waals surface area contributed by atoms with Crippen molar-refractivity contribution in [2.24, 2.45) is 0 Å². The highest BCUT2D eigenvalue weighted by molar-refractivity contribution is 5.86. The highest BCUT2D eigenvalue weighted by Crippen LogP contribution is 2.21. The van der Waals surface area contributed by atoms with Crippen LogP contribution in [0.5, 0.6) is 0 Å². The van der Waals surface area contributed by atoms with E-state index in [1.807, 2.05) is 30.3 Å². The maximum Gasteiger partial charge on any atom is 0.326 e. The number of carboxylic acid groups (broad SMARTS) is 1. The number of likely N-dealkylation sites (tertiary alicyclic amines) is 1. The van der Waals surface area contributed by atoms with Gasteiger partial charge in [-0.3, -0.25) is 4.79 Å². The number of aliphatic carboxylic acids is 1. The lowest BCUT2D eigenvalue weighted by Crippen LogP contribution is -2.43. The van der Waals surface area contributed by atoms with E-state index in [9.17, 15) is 14.7 Å². The number of tetrazole rings is 1. The van der Waals surface area contributed by atoms with Crippen molar-refractivity contribution in [3.05, 3.63) is 30.3 Å². The van der Waals surface area contributed by atoms with Gasteiger partial charge in [0.2, 0.25) is 11.7 Å². The molecule has 0 bridgehead atoms. The average molecular weight is 315 g/mol. The molecule has 1 aromatic carbocycles. The number of carboxylic acids is 1. The molecule has 23 heavy (non-hydrogen) atoms. The van der Waals surface area contributed by atoms with Gasteiger partial charge in [-0.25, -0.2) is 4.79 Å². The zero-order valence-electron chi connectivity index (χ0n) is 12.7. The first-order chi connectivity index (χ1) is 11.1. The minimum absolute atomic E-state index is 0.299. The lowest BCUT2D eigenvalue weighted by atomic mass is 10.2. The van der Waals surface area contributed by atoms with Crippen molar-refractivity contribution in [2.45, 2.75) is 31.8 Å². The van der Waals surface area contributed by atoms with Crippen LogP contribution in [0.3, 0.4) is 0 Å². The Hall–Kier alpha value is -2.77. The summed E-state index contributed by atoms with van der Waals surface area (Å²) in [6.07, 6.45) is 1.17. The quantitative estimate of drug-likeness (QED) is 0.902. The topological polar surface area (TPSA) is 101 Å². The second-order valence-corrected chi connectivity index (χ2v) is 5.50. The second kappa shape index (κ2) is 6.15. The number of benzene rings is 1. The van der Waals surface area contributed by atoms with Crippen molar-refractivity contribution in [2.75, 3.05) is 6.54 Å². The number of hydrogen-bond donors (Lipinski definition) is 1. The zero-order valence-corrected chi connectivity index (χ0v) is 12.7. The summed E-state index contributed by atoms with van der Waals surface area (Å²) < 4.78 is 0. The highest BCUT2D eigenvalue weighted by atomic mass is 16.4. The molecule has 1 aromatic heterocycles. The standard InChI is InChI=1S/C15H17N5O3/c1-10(14(21)19-9-5-8-12(19)15(22)23)20-17-13(16-18-20)11-6-3-2-4-7-11/h2-4,6-7,10,12H,5,8-9H2,1H3,(H,22,23)/t10-,12+/m1/s1. The van der Waals surface area contributed by atoms with E-state index in [4.69, 9.17) is 0 Å².